The van der Waals surface area contributed by atoms with E-state index in [1.54, 1.807) is 0 Å². The summed E-state index contributed by atoms with van der Waals surface area (Å²) in [6, 6.07) is 0.575. The van der Waals surface area contributed by atoms with Crippen molar-refractivity contribution in [2.24, 2.45) is 0 Å². The monoisotopic (exact) mass is 335 g/mol. The Bertz CT molecular complexity index is 406. The lowest BCUT2D eigenvalue weighted by Crippen LogP contribution is -2.37. The average molecular weight is 336 g/mol. The zero-order valence-corrected chi connectivity index (χ0v) is 17.0. The molecule has 0 aliphatic rings. The van der Waals surface area contributed by atoms with Gasteiger partial charge >= 0.3 is 0 Å². The maximum atomic E-state index is 2.52. The molecule has 0 fully saturated rings. The topological polar surface area (TPSA) is 8.81 Å². The Hall–Kier alpha value is -0.790. The Morgan fingerprint density at radius 1 is 0.792 bits per heavy atom. The van der Waals surface area contributed by atoms with Gasteiger partial charge in [0.2, 0.25) is 0 Å². The molecule has 1 aromatic rings. The first-order valence-corrected chi connectivity index (χ1v) is 10.8. The average Bonchev–Trinajstić information content (AvgIpc) is 2.97. The van der Waals surface area contributed by atoms with E-state index in [1.807, 2.05) is 0 Å². The number of hydrogen-bond donors (Lipinski definition) is 0. The van der Waals surface area contributed by atoms with Crippen LogP contribution in [0.15, 0.2) is 12.4 Å². The molecule has 2 nitrogen and oxygen atoms in total. The van der Waals surface area contributed by atoms with Crippen LogP contribution in [0.2, 0.25) is 0 Å². The number of unbranched alkanes of at least 4 members (excludes halogenated alkanes) is 10. The van der Waals surface area contributed by atoms with E-state index in [1.165, 1.54) is 95.8 Å². The summed E-state index contributed by atoms with van der Waals surface area (Å²) in [5.41, 5.74) is 0. The first-order valence-electron chi connectivity index (χ1n) is 10.8. The summed E-state index contributed by atoms with van der Waals surface area (Å²) in [6.45, 7) is 10.4. The van der Waals surface area contributed by atoms with Crippen LogP contribution in [0.4, 0.5) is 0 Å². The van der Waals surface area contributed by atoms with Crippen molar-refractivity contribution in [2.75, 3.05) is 0 Å². The van der Waals surface area contributed by atoms with Crippen LogP contribution in [0.3, 0.4) is 0 Å². The van der Waals surface area contributed by atoms with Crippen LogP contribution in [0, 0.1) is 0 Å². The summed E-state index contributed by atoms with van der Waals surface area (Å²) in [6.07, 6.45) is 22.5. The molecule has 24 heavy (non-hydrogen) atoms. The van der Waals surface area contributed by atoms with Gasteiger partial charge in [0.15, 0.2) is 0 Å². The van der Waals surface area contributed by atoms with E-state index in [-0.39, 0.29) is 0 Å². The number of aryl methyl sites for hydroxylation is 1. The second-order valence-corrected chi connectivity index (χ2v) is 7.69. The van der Waals surface area contributed by atoms with Gasteiger partial charge in [0.25, 0.3) is 5.82 Å². The van der Waals surface area contributed by atoms with Gasteiger partial charge < -0.3 is 0 Å². The lowest BCUT2D eigenvalue weighted by Gasteiger charge is -2.08. The van der Waals surface area contributed by atoms with E-state index < -0.39 is 0 Å². The summed E-state index contributed by atoms with van der Waals surface area (Å²) >= 11 is 0. The van der Waals surface area contributed by atoms with E-state index >= 15 is 0 Å². The van der Waals surface area contributed by atoms with Crippen molar-refractivity contribution in [3.63, 3.8) is 0 Å². The highest BCUT2D eigenvalue weighted by molar-refractivity contribution is 4.86. The van der Waals surface area contributed by atoms with Gasteiger partial charge in [-0.1, -0.05) is 71.6 Å². The zero-order valence-electron chi connectivity index (χ0n) is 17.0. The number of nitrogens with zero attached hydrogens (tertiary/aromatic N) is 2. The van der Waals surface area contributed by atoms with Crippen LogP contribution in [0.5, 0.6) is 0 Å². The lowest BCUT2D eigenvalue weighted by atomic mass is 10.1. The van der Waals surface area contributed by atoms with Crippen LogP contribution >= 0.6 is 0 Å². The smallest absolute Gasteiger partial charge is 0.234 e. The summed E-state index contributed by atoms with van der Waals surface area (Å²) < 4.78 is 5.00. The van der Waals surface area contributed by atoms with Crippen LogP contribution in [0.25, 0.3) is 0 Å². The highest BCUT2D eigenvalue weighted by atomic mass is 15.2. The van der Waals surface area contributed by atoms with Crippen LogP contribution in [0.1, 0.15) is 117 Å². The summed E-state index contributed by atoms with van der Waals surface area (Å²) in [7, 11) is 0. The summed E-state index contributed by atoms with van der Waals surface area (Å²) in [4.78, 5) is 0. The molecular weight excluding hydrogens is 292 g/mol. The minimum atomic E-state index is 0.575. The number of aromatic nitrogens is 2. The predicted octanol–water partition coefficient (Wildman–Crippen LogP) is 6.62. The molecule has 2 heteroatoms. The molecule has 0 aromatic carbocycles. The molecule has 140 valence electrons. The van der Waals surface area contributed by atoms with E-state index in [2.05, 4.69) is 49.2 Å². The molecule has 0 aliphatic carbocycles. The number of hydrogen-bond acceptors (Lipinski definition) is 0. The van der Waals surface area contributed by atoms with Crippen molar-refractivity contribution < 1.29 is 4.57 Å². The molecule has 0 aliphatic heterocycles. The fourth-order valence-corrected chi connectivity index (χ4v) is 3.55. The van der Waals surface area contributed by atoms with E-state index in [0.29, 0.717) is 6.04 Å². The first kappa shape index (κ1) is 21.3. The molecule has 0 saturated heterocycles. The highest BCUT2D eigenvalue weighted by Gasteiger charge is 2.18. The van der Waals surface area contributed by atoms with Crippen molar-refractivity contribution in [1.29, 1.82) is 0 Å². The van der Waals surface area contributed by atoms with Crippen LogP contribution < -0.4 is 4.57 Å². The standard InChI is InChI=1S/C22H43N2/c1-5-7-9-10-11-12-13-14-16-18-23-19-20-24(21(3)4)22(23)17-15-8-6-2/h19-21H,5-18H2,1-4H3/q+1. The van der Waals surface area contributed by atoms with Gasteiger partial charge in [-0.05, 0) is 33.1 Å². The van der Waals surface area contributed by atoms with Gasteiger partial charge in [0.05, 0.1) is 12.6 Å². The van der Waals surface area contributed by atoms with Gasteiger partial charge in [-0.25, -0.2) is 9.13 Å². The molecule has 0 saturated carbocycles. The number of rotatable bonds is 15. The highest BCUT2D eigenvalue weighted by Crippen LogP contribution is 2.12. The minimum Gasteiger partial charge on any atom is -0.234 e. The third kappa shape index (κ3) is 8.35. The van der Waals surface area contributed by atoms with Crippen molar-refractivity contribution >= 4 is 0 Å². The van der Waals surface area contributed by atoms with Crippen molar-refractivity contribution in [3.8, 4) is 0 Å². The predicted molar refractivity (Wildman–Crippen MR) is 105 cm³/mol. The fourth-order valence-electron chi connectivity index (χ4n) is 3.55. The van der Waals surface area contributed by atoms with E-state index in [4.69, 9.17) is 0 Å². The van der Waals surface area contributed by atoms with Crippen molar-refractivity contribution in [1.82, 2.24) is 4.57 Å². The van der Waals surface area contributed by atoms with E-state index in [0.717, 1.165) is 0 Å². The maximum absolute atomic E-state index is 2.52. The van der Waals surface area contributed by atoms with Gasteiger partial charge in [0, 0.05) is 6.42 Å². The second kappa shape index (κ2) is 13.5. The fraction of sp³-hybridized carbons (Fsp3) is 0.864. The maximum Gasteiger partial charge on any atom is 0.256 e. The Morgan fingerprint density at radius 2 is 1.33 bits per heavy atom. The molecule has 1 heterocycles. The molecule has 0 atom stereocenters. The normalized spacial score (nSPS) is 11.5. The Balaban J connectivity index is 2.28. The Kier molecular flexibility index (Phi) is 12.0. The quantitative estimate of drug-likeness (QED) is 0.251. The molecule has 1 rings (SSSR count). The largest absolute Gasteiger partial charge is 0.256 e. The third-order valence-corrected chi connectivity index (χ3v) is 5.10. The summed E-state index contributed by atoms with van der Waals surface area (Å²) in [5, 5.41) is 0. The molecule has 0 bridgehead atoms. The van der Waals surface area contributed by atoms with Crippen molar-refractivity contribution in [2.45, 2.75) is 124 Å². The second-order valence-electron chi connectivity index (χ2n) is 7.69. The SMILES string of the molecule is CCCCCCCCCCC[n+]1ccn(C(C)C)c1CCCCC. The molecule has 0 unspecified atom stereocenters. The van der Waals surface area contributed by atoms with Crippen molar-refractivity contribution in [3.05, 3.63) is 18.2 Å². The molecule has 0 amide bonds. The molecule has 0 radical (unpaired) electrons. The lowest BCUT2D eigenvalue weighted by molar-refractivity contribution is -0.704. The minimum absolute atomic E-state index is 0.575. The Labute approximate surface area is 151 Å². The number of imidazole rings is 1. The van der Waals surface area contributed by atoms with Crippen LogP contribution in [-0.4, -0.2) is 4.57 Å². The molecular formula is C22H43N2+. The van der Waals surface area contributed by atoms with Crippen LogP contribution in [-0.2, 0) is 13.0 Å². The van der Waals surface area contributed by atoms with Gasteiger partial charge in [-0.15, -0.1) is 0 Å². The van der Waals surface area contributed by atoms with E-state index in [9.17, 15) is 0 Å². The van der Waals surface area contributed by atoms with Gasteiger partial charge in [-0.2, -0.15) is 0 Å². The summed E-state index contributed by atoms with van der Waals surface area (Å²) in [5.74, 6) is 1.54. The molecule has 0 spiro atoms. The Morgan fingerprint density at radius 3 is 1.92 bits per heavy atom. The molecule has 1 aromatic heterocycles. The van der Waals surface area contributed by atoms with Gasteiger partial charge in [0.1, 0.15) is 12.4 Å². The van der Waals surface area contributed by atoms with Gasteiger partial charge in [-0.3, -0.25) is 0 Å². The molecule has 0 N–H and O–H groups in total. The third-order valence-electron chi connectivity index (χ3n) is 5.10. The first-order chi connectivity index (χ1) is 11.7. The zero-order chi connectivity index (χ0) is 17.6.